The summed E-state index contributed by atoms with van der Waals surface area (Å²) >= 11 is 0. The third kappa shape index (κ3) is 2.57. The van der Waals surface area contributed by atoms with Crippen molar-refractivity contribution in [2.75, 3.05) is 18.4 Å². The van der Waals surface area contributed by atoms with Gasteiger partial charge >= 0.3 is 12.1 Å². The van der Waals surface area contributed by atoms with Gasteiger partial charge in [0.15, 0.2) is 0 Å². The van der Waals surface area contributed by atoms with Crippen LogP contribution in [-0.2, 0) is 6.54 Å². The Morgan fingerprint density at radius 2 is 2.17 bits per heavy atom. The highest BCUT2D eigenvalue weighted by atomic mass is 16.2. The molecule has 6 heteroatoms. The van der Waals surface area contributed by atoms with Gasteiger partial charge in [-0.2, -0.15) is 0 Å². The number of nitrogens with zero attached hydrogens (tertiary/aromatic N) is 2. The van der Waals surface area contributed by atoms with Gasteiger partial charge in [0.05, 0.1) is 6.54 Å². The van der Waals surface area contributed by atoms with Gasteiger partial charge in [0.1, 0.15) is 0 Å². The molecule has 4 amide bonds. The fourth-order valence-electron chi connectivity index (χ4n) is 4.10. The zero-order valence-electron chi connectivity index (χ0n) is 13.3. The van der Waals surface area contributed by atoms with Crippen molar-refractivity contribution >= 4 is 17.7 Å². The lowest BCUT2D eigenvalue weighted by atomic mass is 9.90. The second-order valence-corrected chi connectivity index (χ2v) is 6.84. The predicted molar refractivity (Wildman–Crippen MR) is 87.1 cm³/mol. The fourth-order valence-corrected chi connectivity index (χ4v) is 4.10. The summed E-state index contributed by atoms with van der Waals surface area (Å²) in [7, 11) is 0. The molecular weight excluding hydrogens is 292 g/mol. The first-order chi connectivity index (χ1) is 11.1. The third-order valence-corrected chi connectivity index (χ3v) is 5.49. The first kappa shape index (κ1) is 14.5. The number of carbonyl (C=O) groups excluding carboxylic acids is 2. The Morgan fingerprint density at radius 3 is 3.00 bits per heavy atom. The van der Waals surface area contributed by atoms with Crippen LogP contribution in [0.2, 0.25) is 0 Å². The zero-order valence-corrected chi connectivity index (χ0v) is 13.3. The molecule has 1 aromatic rings. The summed E-state index contributed by atoms with van der Waals surface area (Å²) in [5.41, 5.74) is 1.75. The number of anilines is 1. The Labute approximate surface area is 135 Å². The molecule has 3 heterocycles. The van der Waals surface area contributed by atoms with Gasteiger partial charge in [-0.3, -0.25) is 4.90 Å². The fraction of sp³-hybridized carbons (Fsp3) is 0.529. The maximum Gasteiger partial charge on any atom is 0.330 e. The average molecular weight is 314 g/mol. The number of rotatable bonds is 1. The number of carbonyl (C=O) groups is 2. The van der Waals surface area contributed by atoms with E-state index in [4.69, 9.17) is 0 Å². The van der Waals surface area contributed by atoms with E-state index in [-0.39, 0.29) is 18.1 Å². The summed E-state index contributed by atoms with van der Waals surface area (Å²) in [4.78, 5) is 28.4. The number of urea groups is 2. The summed E-state index contributed by atoms with van der Waals surface area (Å²) in [6.07, 6.45) is 2.22. The van der Waals surface area contributed by atoms with E-state index in [0.717, 1.165) is 30.8 Å². The minimum absolute atomic E-state index is 0.135. The molecule has 4 rings (SSSR count). The number of amides is 4. The molecule has 2 fully saturated rings. The van der Waals surface area contributed by atoms with E-state index in [1.54, 1.807) is 0 Å². The van der Waals surface area contributed by atoms with Crippen LogP contribution < -0.4 is 10.6 Å². The van der Waals surface area contributed by atoms with E-state index < -0.39 is 0 Å². The first-order valence-corrected chi connectivity index (χ1v) is 8.33. The molecule has 0 radical (unpaired) electrons. The van der Waals surface area contributed by atoms with Gasteiger partial charge in [-0.1, -0.05) is 18.2 Å². The Hall–Kier alpha value is -2.08. The number of hydrogen-bond donors (Lipinski definition) is 2. The van der Waals surface area contributed by atoms with Gasteiger partial charge in [-0.05, 0) is 43.9 Å². The molecule has 6 nitrogen and oxygen atoms in total. The summed E-state index contributed by atoms with van der Waals surface area (Å²) in [6, 6.07) is 7.69. The SMILES string of the molecule is CC1C2CCN1CC(NC(=O)N1Cc3ccccc3NC1=O)C2. The normalized spacial score (nSPS) is 32.2. The zero-order chi connectivity index (χ0) is 16.0. The molecular formula is C17H22N4O2. The van der Waals surface area contributed by atoms with Crippen LogP contribution >= 0.6 is 0 Å². The molecule has 0 aromatic heterocycles. The molecule has 2 saturated heterocycles. The number of nitrogens with one attached hydrogen (secondary N) is 2. The topological polar surface area (TPSA) is 64.7 Å². The molecule has 1 aromatic carbocycles. The number of piperidine rings is 1. The van der Waals surface area contributed by atoms with Gasteiger partial charge in [0.25, 0.3) is 0 Å². The molecule has 3 aliphatic rings. The van der Waals surface area contributed by atoms with Crippen LogP contribution in [0.1, 0.15) is 25.3 Å². The smallest absolute Gasteiger partial charge is 0.330 e. The lowest BCUT2D eigenvalue weighted by Gasteiger charge is -2.37. The molecule has 23 heavy (non-hydrogen) atoms. The van der Waals surface area contributed by atoms with Gasteiger partial charge < -0.3 is 10.6 Å². The Kier molecular flexibility index (Phi) is 3.49. The van der Waals surface area contributed by atoms with Crippen molar-refractivity contribution in [1.82, 2.24) is 15.1 Å². The highest BCUT2D eigenvalue weighted by Crippen LogP contribution is 2.33. The van der Waals surface area contributed by atoms with Crippen LogP contribution in [0.15, 0.2) is 24.3 Å². The summed E-state index contributed by atoms with van der Waals surface area (Å²) in [5, 5.41) is 5.84. The molecule has 0 spiro atoms. The first-order valence-electron chi connectivity index (χ1n) is 8.33. The number of hydrogen-bond acceptors (Lipinski definition) is 3. The average Bonchev–Trinajstić information content (AvgIpc) is 2.75. The lowest BCUT2D eigenvalue weighted by molar-refractivity contribution is 0.147. The highest BCUT2D eigenvalue weighted by Gasteiger charge is 2.39. The maximum absolute atomic E-state index is 12.5. The quantitative estimate of drug-likeness (QED) is 0.835. The molecule has 0 saturated carbocycles. The monoisotopic (exact) mass is 314 g/mol. The van der Waals surface area contributed by atoms with Crippen molar-refractivity contribution in [3.05, 3.63) is 29.8 Å². The van der Waals surface area contributed by atoms with Crippen molar-refractivity contribution in [2.24, 2.45) is 5.92 Å². The van der Waals surface area contributed by atoms with E-state index in [1.807, 2.05) is 24.3 Å². The van der Waals surface area contributed by atoms with Crippen LogP contribution in [0.25, 0.3) is 0 Å². The van der Waals surface area contributed by atoms with Crippen LogP contribution in [0.5, 0.6) is 0 Å². The summed E-state index contributed by atoms with van der Waals surface area (Å²) in [5.74, 6) is 0.657. The van der Waals surface area contributed by atoms with Crippen molar-refractivity contribution in [3.63, 3.8) is 0 Å². The molecule has 122 valence electrons. The second-order valence-electron chi connectivity index (χ2n) is 6.84. The predicted octanol–water partition coefficient (Wildman–Crippen LogP) is 2.23. The third-order valence-electron chi connectivity index (χ3n) is 5.49. The van der Waals surface area contributed by atoms with Gasteiger partial charge in [-0.25, -0.2) is 14.5 Å². The summed E-state index contributed by atoms with van der Waals surface area (Å²) < 4.78 is 0. The Bertz CT molecular complexity index is 633. The van der Waals surface area contributed by atoms with Crippen LogP contribution in [0.3, 0.4) is 0 Å². The van der Waals surface area contributed by atoms with E-state index in [0.29, 0.717) is 18.5 Å². The van der Waals surface area contributed by atoms with E-state index in [2.05, 4.69) is 22.5 Å². The number of benzene rings is 1. The van der Waals surface area contributed by atoms with E-state index >= 15 is 0 Å². The number of fused-ring (bicyclic) bond motifs is 3. The Balaban J connectivity index is 1.43. The highest BCUT2D eigenvalue weighted by molar-refractivity contribution is 6.02. The van der Waals surface area contributed by atoms with Crippen LogP contribution in [0.4, 0.5) is 15.3 Å². The van der Waals surface area contributed by atoms with Gasteiger partial charge in [0, 0.05) is 24.3 Å². The van der Waals surface area contributed by atoms with Gasteiger partial charge in [0.2, 0.25) is 0 Å². The second kappa shape index (κ2) is 5.53. The largest absolute Gasteiger partial charge is 0.334 e. The Morgan fingerprint density at radius 1 is 1.35 bits per heavy atom. The van der Waals surface area contributed by atoms with E-state index in [1.165, 1.54) is 11.3 Å². The minimum atomic E-state index is -0.353. The molecule has 4 atom stereocenters. The van der Waals surface area contributed by atoms with Crippen molar-refractivity contribution in [2.45, 2.75) is 38.4 Å². The molecule has 4 unspecified atom stereocenters. The maximum atomic E-state index is 12.5. The van der Waals surface area contributed by atoms with Crippen LogP contribution in [0, 0.1) is 5.92 Å². The molecule has 2 bridgehead atoms. The standard InChI is InChI=1S/C17H22N4O2/c1-11-12-6-7-20(11)10-14(8-12)18-16(22)21-9-13-4-2-3-5-15(13)19-17(21)23/h2-5,11-12,14H,6-10H2,1H3,(H,18,22)(H,19,23). The van der Waals surface area contributed by atoms with E-state index in [9.17, 15) is 9.59 Å². The number of para-hydroxylation sites is 1. The van der Waals surface area contributed by atoms with Crippen molar-refractivity contribution < 1.29 is 9.59 Å². The minimum Gasteiger partial charge on any atom is -0.334 e. The van der Waals surface area contributed by atoms with Crippen molar-refractivity contribution in [3.8, 4) is 0 Å². The van der Waals surface area contributed by atoms with Gasteiger partial charge in [-0.15, -0.1) is 0 Å². The molecule has 3 aliphatic heterocycles. The number of imide groups is 1. The molecule has 2 N–H and O–H groups in total. The van der Waals surface area contributed by atoms with Crippen LogP contribution in [-0.4, -0.2) is 47.0 Å². The lowest BCUT2D eigenvalue weighted by Crippen LogP contribution is -2.55. The van der Waals surface area contributed by atoms with Crippen molar-refractivity contribution in [1.29, 1.82) is 0 Å². The molecule has 0 aliphatic carbocycles. The summed E-state index contributed by atoms with van der Waals surface area (Å²) in [6.45, 7) is 4.60.